The van der Waals surface area contributed by atoms with Gasteiger partial charge in [-0.15, -0.1) is 0 Å². The van der Waals surface area contributed by atoms with E-state index in [0.29, 0.717) is 49.4 Å². The van der Waals surface area contributed by atoms with Crippen molar-refractivity contribution in [2.75, 3.05) is 47.0 Å². The maximum Gasteiger partial charge on any atom is 0.227 e. The summed E-state index contributed by atoms with van der Waals surface area (Å²) in [7, 11) is -2.98. The lowest BCUT2D eigenvalue weighted by molar-refractivity contribution is -0.00860. The summed E-state index contributed by atoms with van der Waals surface area (Å²) in [5.74, 6) is 2.13. The predicted octanol–water partition coefficient (Wildman–Crippen LogP) is 3.57. The number of halogens is 1. The van der Waals surface area contributed by atoms with Crippen molar-refractivity contribution in [2.24, 2.45) is 0 Å². The Morgan fingerprint density at radius 1 is 1.11 bits per heavy atom. The van der Waals surface area contributed by atoms with E-state index in [-0.39, 0.29) is 12.5 Å². The van der Waals surface area contributed by atoms with Crippen LogP contribution in [0.1, 0.15) is 45.1 Å². The third-order valence-corrected chi connectivity index (χ3v) is 10.9. The maximum absolute atomic E-state index is 14.7. The van der Waals surface area contributed by atoms with Crippen LogP contribution in [0.3, 0.4) is 0 Å². The van der Waals surface area contributed by atoms with E-state index in [1.54, 1.807) is 17.2 Å². The fraction of sp³-hybridized carbons (Fsp3) is 0.519. The van der Waals surface area contributed by atoms with Crippen molar-refractivity contribution in [1.82, 2.24) is 15.0 Å². The number of rotatable bonds is 5. The predicted molar refractivity (Wildman–Crippen MR) is 147 cm³/mol. The van der Waals surface area contributed by atoms with E-state index in [1.807, 2.05) is 12.3 Å². The molecule has 0 saturated carbocycles. The van der Waals surface area contributed by atoms with Gasteiger partial charge in [0.25, 0.3) is 0 Å². The highest BCUT2D eigenvalue weighted by Crippen LogP contribution is 2.46. The number of anilines is 4. The number of hydrogen-bond acceptors (Lipinski definition) is 9. The van der Waals surface area contributed by atoms with Crippen LogP contribution in [0.25, 0.3) is 10.8 Å². The van der Waals surface area contributed by atoms with Crippen molar-refractivity contribution in [3.8, 4) is 0 Å². The summed E-state index contributed by atoms with van der Waals surface area (Å²) in [5, 5.41) is 15.3. The minimum Gasteiger partial charge on any atom is -0.390 e. The summed E-state index contributed by atoms with van der Waals surface area (Å²) < 4.78 is 38.8. The number of sulfone groups is 1. The van der Waals surface area contributed by atoms with Gasteiger partial charge in [0, 0.05) is 43.1 Å². The molecule has 3 aromatic rings. The molecule has 9 nitrogen and oxygen atoms in total. The Morgan fingerprint density at radius 3 is 2.55 bits per heavy atom. The van der Waals surface area contributed by atoms with Crippen LogP contribution in [0, 0.1) is 0 Å². The van der Waals surface area contributed by atoms with Crippen LogP contribution in [-0.2, 0) is 9.84 Å². The largest absolute Gasteiger partial charge is 0.390 e. The molecule has 0 amide bonds. The highest BCUT2D eigenvalue weighted by Gasteiger charge is 2.59. The number of nitrogens with zero attached hydrogens (tertiary/aromatic N) is 5. The number of nitrogens with one attached hydrogen (secondary N) is 1. The van der Waals surface area contributed by atoms with E-state index in [1.165, 1.54) is 12.5 Å². The van der Waals surface area contributed by atoms with Crippen LogP contribution in [0.15, 0.2) is 36.7 Å². The first-order valence-corrected chi connectivity index (χ1v) is 14.8. The molecule has 1 spiro atoms. The van der Waals surface area contributed by atoms with Crippen molar-refractivity contribution in [3.63, 3.8) is 0 Å². The highest BCUT2D eigenvalue weighted by molar-refractivity contribution is 7.94. The van der Waals surface area contributed by atoms with Crippen molar-refractivity contribution < 1.29 is 17.9 Å². The van der Waals surface area contributed by atoms with Gasteiger partial charge < -0.3 is 20.2 Å². The molecular formula is C27H33FN6O3S. The van der Waals surface area contributed by atoms with Gasteiger partial charge in [0.15, 0.2) is 15.5 Å². The zero-order chi connectivity index (χ0) is 26.9. The number of fused-ring (bicyclic) bond motifs is 1. The number of alkyl halides is 1. The van der Waals surface area contributed by atoms with Gasteiger partial charge in [-0.3, -0.25) is 0 Å². The molecule has 0 bridgehead atoms. The van der Waals surface area contributed by atoms with Crippen LogP contribution in [-0.4, -0.2) is 76.9 Å². The molecule has 0 radical (unpaired) electrons. The molecule has 11 heteroatoms. The average Bonchev–Trinajstić information content (AvgIpc) is 2.84. The zero-order valence-electron chi connectivity index (χ0n) is 21.9. The summed E-state index contributed by atoms with van der Waals surface area (Å²) in [5.41, 5.74) is 0.453. The summed E-state index contributed by atoms with van der Waals surface area (Å²) in [6, 6.07) is 7.94. The van der Waals surface area contributed by atoms with Crippen molar-refractivity contribution >= 4 is 43.9 Å². The SMILES string of the molecule is CC(C)c1ccc(N2CC3(CCS3(=O)=O)C2)c2cnc(Nc3ccnc(N4CC[C@@H](O)[C@@](C)(F)C4)n3)cc12. The molecule has 3 aliphatic heterocycles. The number of aliphatic hydroxyl groups excluding tert-OH is 1. The van der Waals surface area contributed by atoms with Gasteiger partial charge in [-0.1, -0.05) is 19.9 Å². The standard InChI is InChI=1S/C27H33FN6O3S/c1-17(2)18-4-5-21(34-15-27(16-34)8-11-38(27,36)37)20-13-30-24(12-19(18)20)31-23-6-9-29-25(32-23)33-10-7-22(35)26(3,28)14-33/h4-6,9,12-13,17,22,35H,7-8,10-11,14-16H2,1-3H3,(H,29,30,31,32)/t22-,26+/m1/s1. The molecule has 38 heavy (non-hydrogen) atoms. The van der Waals surface area contributed by atoms with Crippen LogP contribution in [0.5, 0.6) is 0 Å². The number of hydrogen-bond donors (Lipinski definition) is 2. The third-order valence-electron chi connectivity index (χ3n) is 8.37. The Balaban J connectivity index is 1.28. The van der Waals surface area contributed by atoms with Crippen LogP contribution >= 0.6 is 0 Å². The average molecular weight is 541 g/mol. The molecule has 2 aromatic heterocycles. The fourth-order valence-corrected chi connectivity index (χ4v) is 7.65. The minimum atomic E-state index is -2.98. The van der Waals surface area contributed by atoms with Crippen molar-refractivity contribution in [3.05, 3.63) is 42.2 Å². The molecule has 5 heterocycles. The van der Waals surface area contributed by atoms with Gasteiger partial charge in [-0.25, -0.2) is 22.8 Å². The second-order valence-corrected chi connectivity index (χ2v) is 13.9. The van der Waals surface area contributed by atoms with E-state index >= 15 is 0 Å². The molecular weight excluding hydrogens is 507 g/mol. The number of piperidine rings is 1. The lowest BCUT2D eigenvalue weighted by Gasteiger charge is -2.55. The van der Waals surface area contributed by atoms with E-state index in [9.17, 15) is 17.9 Å². The Morgan fingerprint density at radius 2 is 1.89 bits per heavy atom. The Bertz CT molecular complexity index is 1510. The number of pyridine rings is 1. The lowest BCUT2D eigenvalue weighted by Crippen LogP contribution is -2.72. The van der Waals surface area contributed by atoms with Gasteiger partial charge in [-0.2, -0.15) is 4.98 Å². The first-order chi connectivity index (χ1) is 18.0. The van der Waals surface area contributed by atoms with E-state index in [4.69, 9.17) is 0 Å². The molecule has 2 N–H and O–H groups in total. The quantitative estimate of drug-likeness (QED) is 0.502. The van der Waals surface area contributed by atoms with Crippen LogP contribution < -0.4 is 15.1 Å². The van der Waals surface area contributed by atoms with Gasteiger partial charge in [0.05, 0.1) is 18.4 Å². The van der Waals surface area contributed by atoms with E-state index in [2.05, 4.69) is 51.1 Å². The third kappa shape index (κ3) is 4.07. The number of benzene rings is 1. The molecule has 3 saturated heterocycles. The molecule has 3 aliphatic rings. The summed E-state index contributed by atoms with van der Waals surface area (Å²) in [6.07, 6.45) is 3.51. The van der Waals surface area contributed by atoms with E-state index < -0.39 is 26.4 Å². The molecule has 2 atom stereocenters. The molecule has 0 unspecified atom stereocenters. The van der Waals surface area contributed by atoms with Gasteiger partial charge >= 0.3 is 0 Å². The monoisotopic (exact) mass is 540 g/mol. The summed E-state index contributed by atoms with van der Waals surface area (Å²) >= 11 is 0. The van der Waals surface area contributed by atoms with Crippen LogP contribution in [0.2, 0.25) is 0 Å². The summed E-state index contributed by atoms with van der Waals surface area (Å²) in [4.78, 5) is 17.4. The second kappa shape index (κ2) is 8.74. The van der Waals surface area contributed by atoms with Gasteiger partial charge in [0.1, 0.15) is 16.4 Å². The second-order valence-electron chi connectivity index (χ2n) is 11.4. The van der Waals surface area contributed by atoms with Crippen molar-refractivity contribution in [1.29, 1.82) is 0 Å². The Hall–Kier alpha value is -3.05. The normalized spacial score (nSPS) is 25.9. The molecule has 6 rings (SSSR count). The molecule has 0 aliphatic carbocycles. The molecule has 1 aromatic carbocycles. The van der Waals surface area contributed by atoms with Gasteiger partial charge in [0.2, 0.25) is 5.95 Å². The minimum absolute atomic E-state index is 0.0193. The lowest BCUT2D eigenvalue weighted by atomic mass is 9.91. The fourth-order valence-electron chi connectivity index (χ4n) is 5.84. The molecule has 3 fully saturated rings. The first kappa shape index (κ1) is 25.2. The zero-order valence-corrected chi connectivity index (χ0v) is 22.7. The molecule has 202 valence electrons. The first-order valence-electron chi connectivity index (χ1n) is 13.1. The Labute approximate surface area is 222 Å². The number of aliphatic hydroxyl groups is 1. The van der Waals surface area contributed by atoms with Gasteiger partial charge in [-0.05, 0) is 54.8 Å². The summed E-state index contributed by atoms with van der Waals surface area (Å²) in [6.45, 7) is 7.24. The number of aromatic nitrogens is 3. The topological polar surface area (TPSA) is 112 Å². The Kier molecular flexibility index (Phi) is 5.80. The van der Waals surface area contributed by atoms with Crippen molar-refractivity contribution in [2.45, 2.75) is 56.1 Å². The smallest absolute Gasteiger partial charge is 0.227 e. The maximum atomic E-state index is 14.7. The van der Waals surface area contributed by atoms with Crippen LogP contribution in [0.4, 0.5) is 27.7 Å². The van der Waals surface area contributed by atoms with E-state index in [0.717, 1.165) is 22.9 Å². The highest BCUT2D eigenvalue weighted by atomic mass is 32.2.